The number of rotatable bonds is 5. The maximum atomic E-state index is 12.6. The van der Waals surface area contributed by atoms with Crippen LogP contribution in [0.3, 0.4) is 0 Å². The van der Waals surface area contributed by atoms with Crippen LogP contribution in [0.2, 0.25) is 0 Å². The molecular weight excluding hydrogens is 340 g/mol. The second-order valence-corrected chi connectivity index (χ2v) is 6.71. The van der Waals surface area contributed by atoms with Gasteiger partial charge >= 0.3 is 0 Å². The summed E-state index contributed by atoms with van der Waals surface area (Å²) in [6, 6.07) is 1.91. The molecule has 0 spiro atoms. The van der Waals surface area contributed by atoms with E-state index >= 15 is 0 Å². The van der Waals surface area contributed by atoms with Crippen molar-refractivity contribution in [1.29, 1.82) is 0 Å². The summed E-state index contributed by atoms with van der Waals surface area (Å²) in [4.78, 5) is 21.4. The summed E-state index contributed by atoms with van der Waals surface area (Å²) in [6.07, 6.45) is 1.73. The minimum Gasteiger partial charge on any atom is -0.352 e. The molecule has 0 atom stereocenters. The van der Waals surface area contributed by atoms with Gasteiger partial charge in [-0.25, -0.2) is 14.6 Å². The SMILES string of the molecule is Cc1cc(C)nc(-n2cc(C(=O)NCC3CNC3)c(C(C)C)n2)n1.Cl. The zero-order valence-electron chi connectivity index (χ0n) is 15.0. The van der Waals surface area contributed by atoms with Crippen molar-refractivity contribution in [3.63, 3.8) is 0 Å². The molecule has 3 heterocycles. The molecule has 1 saturated heterocycles. The first kappa shape index (κ1) is 19.3. The first-order valence-electron chi connectivity index (χ1n) is 8.35. The van der Waals surface area contributed by atoms with Gasteiger partial charge in [-0.1, -0.05) is 13.8 Å². The standard InChI is InChI=1S/C17H24N6O.ClH/c1-10(2)15-14(16(24)19-8-13-6-18-7-13)9-23(22-15)17-20-11(3)5-12(4)21-17;/h5,9-10,13,18H,6-8H2,1-4H3,(H,19,24);1H. The molecule has 0 aliphatic carbocycles. The van der Waals surface area contributed by atoms with Gasteiger partial charge in [0, 0.05) is 43.1 Å². The molecule has 2 aromatic rings. The number of amides is 1. The number of aromatic nitrogens is 4. The highest BCUT2D eigenvalue weighted by atomic mass is 35.5. The minimum absolute atomic E-state index is 0. The summed E-state index contributed by atoms with van der Waals surface area (Å²) in [5.41, 5.74) is 3.12. The highest BCUT2D eigenvalue weighted by molar-refractivity contribution is 5.95. The maximum Gasteiger partial charge on any atom is 0.254 e. The van der Waals surface area contributed by atoms with Crippen molar-refractivity contribution in [3.8, 4) is 5.95 Å². The van der Waals surface area contributed by atoms with E-state index in [9.17, 15) is 4.79 Å². The van der Waals surface area contributed by atoms with Crippen molar-refractivity contribution in [3.05, 3.63) is 34.9 Å². The summed E-state index contributed by atoms with van der Waals surface area (Å²) in [5, 5.41) is 10.8. The molecule has 1 fully saturated rings. The number of aryl methyl sites for hydroxylation is 2. The molecule has 0 saturated carbocycles. The Kier molecular flexibility index (Phi) is 6.13. The van der Waals surface area contributed by atoms with Crippen LogP contribution in [-0.4, -0.2) is 45.3 Å². The van der Waals surface area contributed by atoms with Crippen molar-refractivity contribution in [1.82, 2.24) is 30.4 Å². The average molecular weight is 365 g/mol. The van der Waals surface area contributed by atoms with E-state index in [-0.39, 0.29) is 24.2 Å². The Morgan fingerprint density at radius 3 is 2.48 bits per heavy atom. The van der Waals surface area contributed by atoms with Crippen LogP contribution in [0.5, 0.6) is 0 Å². The molecule has 0 radical (unpaired) electrons. The molecule has 1 aliphatic heterocycles. The molecule has 136 valence electrons. The summed E-state index contributed by atoms with van der Waals surface area (Å²) in [6.45, 7) is 10.5. The van der Waals surface area contributed by atoms with Crippen molar-refractivity contribution >= 4 is 18.3 Å². The third-order valence-electron chi connectivity index (χ3n) is 4.13. The fourth-order valence-corrected chi connectivity index (χ4v) is 2.73. The van der Waals surface area contributed by atoms with Gasteiger partial charge in [0.15, 0.2) is 0 Å². The number of nitrogens with zero attached hydrogens (tertiary/aromatic N) is 4. The van der Waals surface area contributed by atoms with E-state index in [0.717, 1.165) is 30.2 Å². The van der Waals surface area contributed by atoms with Crippen LogP contribution in [-0.2, 0) is 0 Å². The molecule has 0 unspecified atom stereocenters. The molecule has 25 heavy (non-hydrogen) atoms. The van der Waals surface area contributed by atoms with Gasteiger partial charge in [-0.15, -0.1) is 12.4 Å². The van der Waals surface area contributed by atoms with Crippen LogP contribution in [0.4, 0.5) is 0 Å². The number of halogens is 1. The summed E-state index contributed by atoms with van der Waals surface area (Å²) >= 11 is 0. The number of hydrogen-bond donors (Lipinski definition) is 2. The third-order valence-corrected chi connectivity index (χ3v) is 4.13. The maximum absolute atomic E-state index is 12.6. The van der Waals surface area contributed by atoms with Crippen LogP contribution in [0.15, 0.2) is 12.3 Å². The van der Waals surface area contributed by atoms with Crippen molar-refractivity contribution < 1.29 is 4.79 Å². The van der Waals surface area contributed by atoms with E-state index in [0.29, 0.717) is 24.0 Å². The molecule has 0 bridgehead atoms. The Balaban J connectivity index is 0.00000225. The smallest absolute Gasteiger partial charge is 0.254 e. The van der Waals surface area contributed by atoms with Crippen LogP contribution in [0, 0.1) is 19.8 Å². The first-order valence-corrected chi connectivity index (χ1v) is 8.35. The minimum atomic E-state index is -0.0822. The second-order valence-electron chi connectivity index (χ2n) is 6.71. The van der Waals surface area contributed by atoms with Gasteiger partial charge in [0.2, 0.25) is 0 Å². The van der Waals surface area contributed by atoms with Crippen molar-refractivity contribution in [2.75, 3.05) is 19.6 Å². The van der Waals surface area contributed by atoms with E-state index in [1.54, 1.807) is 10.9 Å². The molecule has 1 aliphatic rings. The van der Waals surface area contributed by atoms with E-state index in [4.69, 9.17) is 0 Å². The summed E-state index contributed by atoms with van der Waals surface area (Å²) < 4.78 is 1.61. The lowest BCUT2D eigenvalue weighted by Crippen LogP contribution is -2.48. The van der Waals surface area contributed by atoms with E-state index in [2.05, 4.69) is 25.7 Å². The Hall–Kier alpha value is -1.99. The van der Waals surface area contributed by atoms with Gasteiger partial charge in [-0.3, -0.25) is 4.79 Å². The fourth-order valence-electron chi connectivity index (χ4n) is 2.73. The predicted molar refractivity (Wildman–Crippen MR) is 98.7 cm³/mol. The Labute approximate surface area is 154 Å². The van der Waals surface area contributed by atoms with E-state index in [1.807, 2.05) is 33.8 Å². The van der Waals surface area contributed by atoms with Gasteiger partial charge in [0.25, 0.3) is 11.9 Å². The van der Waals surface area contributed by atoms with Crippen molar-refractivity contribution in [2.24, 2.45) is 5.92 Å². The zero-order valence-corrected chi connectivity index (χ0v) is 15.9. The highest BCUT2D eigenvalue weighted by Gasteiger charge is 2.22. The van der Waals surface area contributed by atoms with Gasteiger partial charge in [0.1, 0.15) is 0 Å². The fraction of sp³-hybridized carbons (Fsp3) is 0.529. The van der Waals surface area contributed by atoms with Crippen LogP contribution >= 0.6 is 12.4 Å². The summed E-state index contributed by atoms with van der Waals surface area (Å²) in [5.74, 6) is 1.08. The summed E-state index contributed by atoms with van der Waals surface area (Å²) in [7, 11) is 0. The topological polar surface area (TPSA) is 84.7 Å². The molecule has 2 aromatic heterocycles. The van der Waals surface area contributed by atoms with E-state index < -0.39 is 0 Å². The number of carbonyl (C=O) groups excluding carboxylic acids is 1. The van der Waals surface area contributed by atoms with Crippen LogP contribution in [0.25, 0.3) is 5.95 Å². The largest absolute Gasteiger partial charge is 0.352 e. The zero-order chi connectivity index (χ0) is 17.3. The molecule has 8 heteroatoms. The third kappa shape index (κ3) is 4.35. The highest BCUT2D eigenvalue weighted by Crippen LogP contribution is 2.19. The normalized spacial score (nSPS) is 14.1. The van der Waals surface area contributed by atoms with Crippen molar-refractivity contribution in [2.45, 2.75) is 33.6 Å². The second kappa shape index (κ2) is 7.93. The lowest BCUT2D eigenvalue weighted by atomic mass is 10.0. The Morgan fingerprint density at radius 2 is 1.96 bits per heavy atom. The van der Waals surface area contributed by atoms with Gasteiger partial charge < -0.3 is 10.6 Å². The Bertz CT molecular complexity index is 733. The van der Waals surface area contributed by atoms with Gasteiger partial charge in [-0.05, 0) is 25.8 Å². The van der Waals surface area contributed by atoms with Gasteiger partial charge in [0.05, 0.1) is 11.3 Å². The molecule has 2 N–H and O–H groups in total. The molecule has 0 aromatic carbocycles. The molecule has 7 nitrogen and oxygen atoms in total. The lowest BCUT2D eigenvalue weighted by molar-refractivity contribution is 0.0941. The monoisotopic (exact) mass is 364 g/mol. The molecule has 1 amide bonds. The molecule has 3 rings (SSSR count). The Morgan fingerprint density at radius 1 is 1.32 bits per heavy atom. The predicted octanol–water partition coefficient (Wildman–Crippen LogP) is 1.77. The number of carbonyl (C=O) groups is 1. The molecular formula is C17H25ClN6O. The number of hydrogen-bond acceptors (Lipinski definition) is 5. The average Bonchev–Trinajstić information content (AvgIpc) is 2.89. The lowest BCUT2D eigenvalue weighted by Gasteiger charge is -2.27. The number of nitrogens with one attached hydrogen (secondary N) is 2. The van der Waals surface area contributed by atoms with Crippen LogP contribution in [0.1, 0.15) is 47.2 Å². The first-order chi connectivity index (χ1) is 11.4. The van der Waals surface area contributed by atoms with Crippen LogP contribution < -0.4 is 10.6 Å². The van der Waals surface area contributed by atoms with Gasteiger partial charge in [-0.2, -0.15) is 5.10 Å². The van der Waals surface area contributed by atoms with E-state index in [1.165, 1.54) is 0 Å². The quantitative estimate of drug-likeness (QED) is 0.844.